The summed E-state index contributed by atoms with van der Waals surface area (Å²) in [5.74, 6) is 4.48. The van der Waals surface area contributed by atoms with Crippen LogP contribution in [0.3, 0.4) is 0 Å². The summed E-state index contributed by atoms with van der Waals surface area (Å²) in [5.41, 5.74) is -1.61. The van der Waals surface area contributed by atoms with Crippen LogP contribution in [0.5, 0.6) is 0 Å². The van der Waals surface area contributed by atoms with Crippen molar-refractivity contribution in [3.8, 4) is 0 Å². The number of rotatable bonds is 2. The summed E-state index contributed by atoms with van der Waals surface area (Å²) in [6, 6.07) is 0. The van der Waals surface area contributed by atoms with Gasteiger partial charge in [0.1, 0.15) is 5.56 Å². The van der Waals surface area contributed by atoms with Crippen molar-refractivity contribution in [3.05, 3.63) is 32.6 Å². The van der Waals surface area contributed by atoms with E-state index >= 15 is 0 Å². The second-order valence-electron chi connectivity index (χ2n) is 3.20. The average molecular weight is 197 g/mol. The summed E-state index contributed by atoms with van der Waals surface area (Å²) >= 11 is 0. The van der Waals surface area contributed by atoms with Crippen molar-refractivity contribution < 1.29 is 4.79 Å². The summed E-state index contributed by atoms with van der Waals surface area (Å²) in [6.07, 6.45) is 1.09. The largest absolute Gasteiger partial charge is 0.347 e. The lowest BCUT2D eigenvalue weighted by Crippen LogP contribution is -2.43. The molecule has 3 N–H and O–H groups in total. The van der Waals surface area contributed by atoms with Gasteiger partial charge in [0.15, 0.2) is 5.78 Å². The van der Waals surface area contributed by atoms with Crippen LogP contribution in [0.4, 0.5) is 0 Å². The zero-order valence-corrected chi connectivity index (χ0v) is 7.90. The molecule has 0 atom stereocenters. The van der Waals surface area contributed by atoms with Gasteiger partial charge in [-0.25, -0.2) is 4.79 Å². The second kappa shape index (κ2) is 3.49. The molecule has 0 unspecified atom stereocenters. The minimum atomic E-state index is -0.771. The molecule has 14 heavy (non-hydrogen) atoms. The van der Waals surface area contributed by atoms with Crippen LogP contribution < -0.4 is 17.1 Å². The van der Waals surface area contributed by atoms with Crippen LogP contribution >= 0.6 is 0 Å². The fourth-order valence-corrected chi connectivity index (χ4v) is 0.975. The normalized spacial score (nSPS) is 10.5. The highest BCUT2D eigenvalue weighted by molar-refractivity contribution is 5.96. The molecule has 76 valence electrons. The van der Waals surface area contributed by atoms with Gasteiger partial charge in [-0.05, 0) is 0 Å². The number of aromatic amines is 1. The lowest BCUT2D eigenvalue weighted by atomic mass is 10.0. The molecule has 0 aliphatic carbocycles. The van der Waals surface area contributed by atoms with Crippen molar-refractivity contribution in [1.29, 1.82) is 0 Å². The van der Waals surface area contributed by atoms with Crippen LogP contribution in [0, 0.1) is 5.92 Å². The molecule has 0 spiro atoms. The van der Waals surface area contributed by atoms with E-state index in [-0.39, 0.29) is 17.3 Å². The first kappa shape index (κ1) is 10.2. The van der Waals surface area contributed by atoms with E-state index in [4.69, 9.17) is 5.84 Å². The van der Waals surface area contributed by atoms with E-state index in [0.717, 1.165) is 6.20 Å². The fourth-order valence-electron chi connectivity index (χ4n) is 0.975. The molecule has 1 aromatic rings. The molecule has 1 aromatic heterocycles. The Balaban J connectivity index is 3.40. The highest BCUT2D eigenvalue weighted by Crippen LogP contribution is 2.00. The number of aromatic nitrogens is 2. The molecular formula is C8H11N3O3. The molecule has 0 amide bonds. The van der Waals surface area contributed by atoms with Crippen LogP contribution in [-0.2, 0) is 0 Å². The topological polar surface area (TPSA) is 97.9 Å². The van der Waals surface area contributed by atoms with Crippen LogP contribution in [0.15, 0.2) is 15.8 Å². The van der Waals surface area contributed by atoms with Gasteiger partial charge in [-0.2, -0.15) is 4.68 Å². The standard InChI is InChI=1S/C8H11N3O3/c1-4(2)6(12)5-3-10-8(14)11(9)7(5)13/h3-4H,9H2,1-2H3,(H,10,14). The number of nitrogens with two attached hydrogens (primary N) is 1. The van der Waals surface area contributed by atoms with E-state index in [1.54, 1.807) is 13.8 Å². The SMILES string of the molecule is CC(C)C(=O)c1c[nH]c(=O)n(N)c1=O. The van der Waals surface area contributed by atoms with Crippen molar-refractivity contribution in [2.75, 3.05) is 5.84 Å². The summed E-state index contributed by atoms with van der Waals surface area (Å²) in [4.78, 5) is 35.8. The van der Waals surface area contributed by atoms with Gasteiger partial charge in [0.2, 0.25) is 0 Å². The monoisotopic (exact) mass is 197 g/mol. The third kappa shape index (κ3) is 1.59. The lowest BCUT2D eigenvalue weighted by Gasteiger charge is -2.03. The van der Waals surface area contributed by atoms with E-state index in [1.165, 1.54) is 0 Å². The molecule has 0 bridgehead atoms. The molecule has 0 saturated carbocycles. The smallest absolute Gasteiger partial charge is 0.332 e. The number of carbonyl (C=O) groups is 1. The Morgan fingerprint density at radius 2 is 2.07 bits per heavy atom. The zero-order chi connectivity index (χ0) is 10.9. The van der Waals surface area contributed by atoms with Crippen LogP contribution in [0.2, 0.25) is 0 Å². The number of nitrogens with zero attached hydrogens (tertiary/aromatic N) is 1. The maximum Gasteiger partial charge on any atom is 0.347 e. The maximum absolute atomic E-state index is 11.4. The van der Waals surface area contributed by atoms with Gasteiger partial charge in [-0.15, -0.1) is 0 Å². The molecule has 6 nitrogen and oxygen atoms in total. The quantitative estimate of drug-likeness (QED) is 0.473. The Labute approximate surface area is 79.3 Å². The third-order valence-electron chi connectivity index (χ3n) is 1.80. The molecule has 0 aliphatic rings. The molecule has 0 aliphatic heterocycles. The van der Waals surface area contributed by atoms with Gasteiger partial charge in [-0.3, -0.25) is 9.59 Å². The second-order valence-corrected chi connectivity index (χ2v) is 3.20. The minimum Gasteiger partial charge on any atom is -0.332 e. The molecule has 6 heteroatoms. The molecule has 0 fully saturated rings. The van der Waals surface area contributed by atoms with Crippen LogP contribution in [-0.4, -0.2) is 15.4 Å². The van der Waals surface area contributed by atoms with Crippen molar-refractivity contribution in [2.24, 2.45) is 5.92 Å². The summed E-state index contributed by atoms with van der Waals surface area (Å²) < 4.78 is 0.385. The third-order valence-corrected chi connectivity index (χ3v) is 1.80. The van der Waals surface area contributed by atoms with Gasteiger partial charge in [0.05, 0.1) is 0 Å². The predicted octanol–water partition coefficient (Wildman–Crippen LogP) is -0.911. The van der Waals surface area contributed by atoms with Gasteiger partial charge in [0, 0.05) is 12.1 Å². The van der Waals surface area contributed by atoms with Crippen molar-refractivity contribution >= 4 is 5.78 Å². The highest BCUT2D eigenvalue weighted by Gasteiger charge is 2.16. The average Bonchev–Trinajstić information content (AvgIpc) is 2.13. The van der Waals surface area contributed by atoms with Gasteiger partial charge in [0.25, 0.3) is 5.56 Å². The van der Waals surface area contributed by atoms with Crippen LogP contribution in [0.1, 0.15) is 24.2 Å². The molecule has 1 rings (SSSR count). The number of hydrogen-bond acceptors (Lipinski definition) is 4. The van der Waals surface area contributed by atoms with Gasteiger partial charge >= 0.3 is 5.69 Å². The number of hydrogen-bond donors (Lipinski definition) is 2. The molecule has 0 aromatic carbocycles. The van der Waals surface area contributed by atoms with E-state index in [1.807, 2.05) is 0 Å². The predicted molar refractivity (Wildman–Crippen MR) is 50.6 cm³/mol. The van der Waals surface area contributed by atoms with Crippen molar-refractivity contribution in [2.45, 2.75) is 13.8 Å². The maximum atomic E-state index is 11.4. The summed E-state index contributed by atoms with van der Waals surface area (Å²) in [6.45, 7) is 3.32. The first-order valence-corrected chi connectivity index (χ1v) is 4.09. The first-order valence-electron chi connectivity index (χ1n) is 4.09. The number of Topliss-reactive ketones (excluding diaryl/α,β-unsaturated/α-hetero) is 1. The summed E-state index contributed by atoms with van der Waals surface area (Å²) in [5, 5.41) is 0. The molecule has 0 saturated heterocycles. The van der Waals surface area contributed by atoms with Crippen molar-refractivity contribution in [1.82, 2.24) is 9.66 Å². The molecular weight excluding hydrogens is 186 g/mol. The van der Waals surface area contributed by atoms with Crippen molar-refractivity contribution in [3.63, 3.8) is 0 Å². The summed E-state index contributed by atoms with van der Waals surface area (Å²) in [7, 11) is 0. The zero-order valence-electron chi connectivity index (χ0n) is 7.90. The number of carbonyl (C=O) groups excluding carboxylic acids is 1. The Hall–Kier alpha value is -1.85. The van der Waals surface area contributed by atoms with E-state index in [9.17, 15) is 14.4 Å². The molecule has 1 heterocycles. The van der Waals surface area contributed by atoms with E-state index < -0.39 is 11.2 Å². The van der Waals surface area contributed by atoms with E-state index in [0.29, 0.717) is 4.68 Å². The van der Waals surface area contributed by atoms with Gasteiger partial charge < -0.3 is 10.8 Å². The Morgan fingerprint density at radius 1 is 1.50 bits per heavy atom. The number of nitrogen functional groups attached to an aromatic ring is 1. The number of ketones is 1. The number of nitrogens with one attached hydrogen (secondary N) is 1. The minimum absolute atomic E-state index is 0.0953. The first-order chi connectivity index (χ1) is 6.45. The Bertz CT molecular complexity index is 469. The highest BCUT2D eigenvalue weighted by atomic mass is 16.2. The van der Waals surface area contributed by atoms with Crippen LogP contribution in [0.25, 0.3) is 0 Å². The molecule has 0 radical (unpaired) electrons. The van der Waals surface area contributed by atoms with Gasteiger partial charge in [-0.1, -0.05) is 13.8 Å². The van der Waals surface area contributed by atoms with E-state index in [2.05, 4.69) is 4.98 Å². The Morgan fingerprint density at radius 3 is 2.57 bits per heavy atom. The lowest BCUT2D eigenvalue weighted by molar-refractivity contribution is 0.0937. The number of H-pyrrole nitrogens is 1. The Kier molecular flexibility index (Phi) is 2.55. The fraction of sp³-hybridized carbons (Fsp3) is 0.375.